The van der Waals surface area contributed by atoms with Crippen molar-refractivity contribution < 1.29 is 4.79 Å². The van der Waals surface area contributed by atoms with Gasteiger partial charge in [-0.1, -0.05) is 0 Å². The lowest BCUT2D eigenvalue weighted by Crippen LogP contribution is -2.38. The first-order valence-corrected chi connectivity index (χ1v) is 5.84. The lowest BCUT2D eigenvalue weighted by Gasteiger charge is -2.28. The van der Waals surface area contributed by atoms with Crippen LogP contribution in [0.3, 0.4) is 0 Å². The Hall–Kier alpha value is -0.570. The van der Waals surface area contributed by atoms with Crippen molar-refractivity contribution in [1.29, 1.82) is 0 Å². The van der Waals surface area contributed by atoms with E-state index < -0.39 is 0 Å². The Morgan fingerprint density at radius 2 is 2.14 bits per heavy atom. The molecule has 78 valence electrons. The summed E-state index contributed by atoms with van der Waals surface area (Å²) in [6.45, 7) is 4.38. The molecule has 2 unspecified atom stereocenters. The molecule has 2 aliphatic heterocycles. The second-order valence-corrected chi connectivity index (χ2v) is 5.04. The van der Waals surface area contributed by atoms with Crippen molar-refractivity contribution in [2.45, 2.75) is 19.3 Å². The molecule has 0 aromatic heterocycles. The van der Waals surface area contributed by atoms with Gasteiger partial charge >= 0.3 is 0 Å². The number of piperidine rings is 2. The average molecular weight is 194 g/mol. The summed E-state index contributed by atoms with van der Waals surface area (Å²) in [6, 6.07) is 0. The molecule has 14 heavy (non-hydrogen) atoms. The molecule has 3 heteroatoms. The van der Waals surface area contributed by atoms with Gasteiger partial charge < -0.3 is 10.2 Å². The molecule has 3 nitrogen and oxygen atoms in total. The Kier molecular flexibility index (Phi) is 2.01. The van der Waals surface area contributed by atoms with Crippen molar-refractivity contribution in [3.8, 4) is 0 Å². The number of fused-ring (bicyclic) bond motifs is 1. The molecule has 2 atom stereocenters. The number of amides is 1. The molecule has 1 N–H and O–H groups in total. The van der Waals surface area contributed by atoms with Crippen LogP contribution < -0.4 is 5.32 Å². The summed E-state index contributed by atoms with van der Waals surface area (Å²) >= 11 is 0. The zero-order valence-corrected chi connectivity index (χ0v) is 8.54. The van der Waals surface area contributed by atoms with Gasteiger partial charge in [-0.05, 0) is 44.2 Å². The lowest BCUT2D eigenvalue weighted by atomic mass is 9.97. The topological polar surface area (TPSA) is 32.3 Å². The Morgan fingerprint density at radius 3 is 2.79 bits per heavy atom. The highest BCUT2D eigenvalue weighted by atomic mass is 16.2. The average Bonchev–Trinajstić information content (AvgIpc) is 2.91. The van der Waals surface area contributed by atoms with Crippen molar-refractivity contribution in [3.63, 3.8) is 0 Å². The predicted molar refractivity (Wildman–Crippen MR) is 53.8 cm³/mol. The van der Waals surface area contributed by atoms with Gasteiger partial charge in [0.25, 0.3) is 0 Å². The highest BCUT2D eigenvalue weighted by Crippen LogP contribution is 2.46. The molecule has 0 bridgehead atoms. The summed E-state index contributed by atoms with van der Waals surface area (Å²) in [5, 5.41) is 3.36. The standard InChI is InChI=1S/C11H18N2O/c14-11-10-5-9(10)7-13(11)6-8-1-3-12-4-2-8/h8-10,12H,1-7H2. The number of hydrogen-bond acceptors (Lipinski definition) is 2. The number of likely N-dealkylation sites (tertiary alicyclic amines) is 1. The maximum atomic E-state index is 11.7. The molecule has 2 saturated heterocycles. The quantitative estimate of drug-likeness (QED) is 0.693. The largest absolute Gasteiger partial charge is 0.342 e. The van der Waals surface area contributed by atoms with Gasteiger partial charge in [-0.2, -0.15) is 0 Å². The summed E-state index contributed by atoms with van der Waals surface area (Å²) in [5.41, 5.74) is 0. The second kappa shape index (κ2) is 3.23. The summed E-state index contributed by atoms with van der Waals surface area (Å²) < 4.78 is 0. The van der Waals surface area contributed by atoms with E-state index in [9.17, 15) is 4.79 Å². The predicted octanol–water partition coefficient (Wildman–Crippen LogP) is 0.464. The molecule has 1 amide bonds. The Bertz CT molecular complexity index is 248. The molecule has 1 saturated carbocycles. The van der Waals surface area contributed by atoms with Gasteiger partial charge in [-0.15, -0.1) is 0 Å². The van der Waals surface area contributed by atoms with Crippen molar-refractivity contribution in [1.82, 2.24) is 10.2 Å². The first-order valence-electron chi connectivity index (χ1n) is 5.84. The van der Waals surface area contributed by atoms with Gasteiger partial charge in [0.15, 0.2) is 0 Å². The van der Waals surface area contributed by atoms with E-state index in [2.05, 4.69) is 10.2 Å². The molecule has 2 heterocycles. The van der Waals surface area contributed by atoms with Gasteiger partial charge in [0.1, 0.15) is 0 Å². The molecule has 0 spiro atoms. The third-order valence-corrected chi connectivity index (χ3v) is 3.94. The fourth-order valence-electron chi connectivity index (χ4n) is 2.90. The van der Waals surface area contributed by atoms with Crippen molar-refractivity contribution in [3.05, 3.63) is 0 Å². The van der Waals surface area contributed by atoms with E-state index in [0.717, 1.165) is 38.0 Å². The number of nitrogens with one attached hydrogen (secondary N) is 1. The van der Waals surface area contributed by atoms with Crippen LogP contribution in [0.15, 0.2) is 0 Å². The summed E-state index contributed by atoms with van der Waals surface area (Å²) in [7, 11) is 0. The van der Waals surface area contributed by atoms with Gasteiger partial charge in [-0.3, -0.25) is 4.79 Å². The molecule has 3 aliphatic rings. The summed E-state index contributed by atoms with van der Waals surface area (Å²) in [5.74, 6) is 2.40. The van der Waals surface area contributed by atoms with Crippen LogP contribution in [0.25, 0.3) is 0 Å². The molecule has 0 aromatic carbocycles. The van der Waals surface area contributed by atoms with E-state index in [1.54, 1.807) is 0 Å². The fraction of sp³-hybridized carbons (Fsp3) is 0.909. The van der Waals surface area contributed by atoms with Crippen LogP contribution in [-0.4, -0.2) is 37.0 Å². The highest BCUT2D eigenvalue weighted by molar-refractivity contribution is 5.84. The normalized spacial score (nSPS) is 37.4. The van der Waals surface area contributed by atoms with E-state index in [1.165, 1.54) is 19.3 Å². The van der Waals surface area contributed by atoms with Crippen LogP contribution in [0.1, 0.15) is 19.3 Å². The number of hydrogen-bond donors (Lipinski definition) is 1. The van der Waals surface area contributed by atoms with Crippen molar-refractivity contribution in [2.75, 3.05) is 26.2 Å². The molecular weight excluding hydrogens is 176 g/mol. The molecule has 0 aromatic rings. The van der Waals surface area contributed by atoms with Gasteiger partial charge in [0.2, 0.25) is 5.91 Å². The van der Waals surface area contributed by atoms with Crippen molar-refractivity contribution >= 4 is 5.91 Å². The van der Waals surface area contributed by atoms with Gasteiger partial charge in [0.05, 0.1) is 0 Å². The van der Waals surface area contributed by atoms with Crippen LogP contribution >= 0.6 is 0 Å². The maximum Gasteiger partial charge on any atom is 0.226 e. The Morgan fingerprint density at radius 1 is 1.36 bits per heavy atom. The van der Waals surface area contributed by atoms with Crippen LogP contribution in [0.4, 0.5) is 0 Å². The molecule has 3 fully saturated rings. The van der Waals surface area contributed by atoms with E-state index in [1.807, 2.05) is 0 Å². The third kappa shape index (κ3) is 1.44. The van der Waals surface area contributed by atoms with E-state index in [0.29, 0.717) is 11.8 Å². The van der Waals surface area contributed by atoms with Crippen molar-refractivity contribution in [2.24, 2.45) is 17.8 Å². The highest BCUT2D eigenvalue weighted by Gasteiger charge is 2.52. The molecule has 3 rings (SSSR count). The molecular formula is C11H18N2O. The van der Waals surface area contributed by atoms with Crippen LogP contribution in [0, 0.1) is 17.8 Å². The van der Waals surface area contributed by atoms with E-state index >= 15 is 0 Å². The first-order chi connectivity index (χ1) is 6.84. The minimum atomic E-state index is 0.441. The lowest BCUT2D eigenvalue weighted by molar-refractivity contribution is -0.130. The zero-order chi connectivity index (χ0) is 9.54. The number of carbonyl (C=O) groups excluding carboxylic acids is 1. The smallest absolute Gasteiger partial charge is 0.226 e. The minimum Gasteiger partial charge on any atom is -0.342 e. The number of carbonyl (C=O) groups is 1. The monoisotopic (exact) mass is 194 g/mol. The van der Waals surface area contributed by atoms with Crippen LogP contribution in [-0.2, 0) is 4.79 Å². The van der Waals surface area contributed by atoms with E-state index in [4.69, 9.17) is 0 Å². The second-order valence-electron chi connectivity index (χ2n) is 5.04. The van der Waals surface area contributed by atoms with Crippen LogP contribution in [0.2, 0.25) is 0 Å². The van der Waals surface area contributed by atoms with Crippen LogP contribution in [0.5, 0.6) is 0 Å². The fourth-order valence-corrected chi connectivity index (χ4v) is 2.90. The molecule has 1 aliphatic carbocycles. The first kappa shape index (κ1) is 8.72. The third-order valence-electron chi connectivity index (χ3n) is 3.94. The zero-order valence-electron chi connectivity index (χ0n) is 8.54. The molecule has 0 radical (unpaired) electrons. The minimum absolute atomic E-state index is 0.441. The SMILES string of the molecule is O=C1C2CC2CN1CC1CCNCC1. The summed E-state index contributed by atoms with van der Waals surface area (Å²) in [6.07, 6.45) is 3.68. The van der Waals surface area contributed by atoms with Gasteiger partial charge in [-0.25, -0.2) is 0 Å². The number of rotatable bonds is 2. The Balaban J connectivity index is 1.54. The van der Waals surface area contributed by atoms with E-state index in [-0.39, 0.29) is 0 Å². The summed E-state index contributed by atoms with van der Waals surface area (Å²) in [4.78, 5) is 13.9. The number of nitrogens with zero attached hydrogens (tertiary/aromatic N) is 1. The van der Waals surface area contributed by atoms with Gasteiger partial charge in [0, 0.05) is 19.0 Å². The maximum absolute atomic E-state index is 11.7. The Labute approximate surface area is 84.8 Å².